The summed E-state index contributed by atoms with van der Waals surface area (Å²) in [4.78, 5) is 26.0. The molecule has 0 saturated carbocycles. The molecule has 0 N–H and O–H groups in total. The van der Waals surface area contributed by atoms with Crippen LogP contribution in [0.1, 0.15) is 37.1 Å². The molecule has 0 bridgehead atoms. The average Bonchev–Trinajstić information content (AvgIpc) is 3.23. The predicted molar refractivity (Wildman–Crippen MR) is 129 cm³/mol. The molecule has 10 heteroatoms. The molecule has 1 fully saturated rings. The summed E-state index contributed by atoms with van der Waals surface area (Å²) in [5.74, 6) is -1.21. The van der Waals surface area contributed by atoms with Gasteiger partial charge in [0.15, 0.2) is 0 Å². The molecule has 1 aliphatic rings. The Bertz CT molecular complexity index is 984. The molecule has 2 atom stereocenters. The summed E-state index contributed by atoms with van der Waals surface area (Å²) in [7, 11) is 1.31. The van der Waals surface area contributed by atoms with Crippen molar-refractivity contribution in [3.8, 4) is 0 Å². The Morgan fingerprint density at radius 2 is 2.09 bits per heavy atom. The minimum Gasteiger partial charge on any atom is -0.468 e. The van der Waals surface area contributed by atoms with E-state index in [0.29, 0.717) is 38.2 Å². The third kappa shape index (κ3) is 7.06. The van der Waals surface area contributed by atoms with Gasteiger partial charge in [0.25, 0.3) is 0 Å². The molecule has 0 unspecified atom stereocenters. The molecular weight excluding hydrogens is 469 g/mol. The van der Waals surface area contributed by atoms with Gasteiger partial charge in [0.05, 0.1) is 32.4 Å². The van der Waals surface area contributed by atoms with Crippen LogP contribution in [0.5, 0.6) is 0 Å². The Labute approximate surface area is 204 Å². The molecule has 2 aromatic rings. The topological polar surface area (TPSA) is 73.7 Å². The monoisotopic (exact) mass is 497 g/mol. The van der Waals surface area contributed by atoms with Gasteiger partial charge in [0.2, 0.25) is 0 Å². The van der Waals surface area contributed by atoms with Crippen LogP contribution in [0.15, 0.2) is 42.1 Å². The fraction of sp³-hybridized carbons (Fsp3) is 0.435. The molecule has 7 nitrogen and oxygen atoms in total. The zero-order chi connectivity index (χ0) is 23.1. The van der Waals surface area contributed by atoms with Gasteiger partial charge in [-0.1, -0.05) is 18.2 Å². The van der Waals surface area contributed by atoms with Gasteiger partial charge >= 0.3 is 11.9 Å². The summed E-state index contributed by atoms with van der Waals surface area (Å²) in [5.41, 5.74) is 1.99. The quantitative estimate of drug-likeness (QED) is 0.443. The number of thiol groups is 1. The highest BCUT2D eigenvalue weighted by atomic mass is 35.5. The highest BCUT2D eigenvalue weighted by molar-refractivity contribution is 7.81. The van der Waals surface area contributed by atoms with Crippen molar-refractivity contribution in [1.82, 2.24) is 14.7 Å². The van der Waals surface area contributed by atoms with Crippen LogP contribution < -0.4 is 0 Å². The number of hydrogen-bond donors (Lipinski definition) is 1. The van der Waals surface area contributed by atoms with E-state index in [4.69, 9.17) is 22.1 Å². The SMILES string of the molecule is CCOC(=O)CCn1ccc(/C=C2\CN([C@H](C(=O)OC)c3ccccc3F)CC[C@H]2S)n1.Cl. The van der Waals surface area contributed by atoms with E-state index in [9.17, 15) is 14.0 Å². The summed E-state index contributed by atoms with van der Waals surface area (Å²) >= 11 is 4.70. The van der Waals surface area contributed by atoms with Gasteiger partial charge in [-0.25, -0.2) is 9.18 Å². The highest BCUT2D eigenvalue weighted by Crippen LogP contribution is 2.31. The molecule has 2 heterocycles. The number of rotatable bonds is 8. The van der Waals surface area contributed by atoms with E-state index in [-0.39, 0.29) is 30.0 Å². The maximum absolute atomic E-state index is 14.5. The largest absolute Gasteiger partial charge is 0.468 e. The van der Waals surface area contributed by atoms with Crippen LogP contribution in [0.2, 0.25) is 0 Å². The van der Waals surface area contributed by atoms with Gasteiger partial charge in [0.1, 0.15) is 11.9 Å². The van der Waals surface area contributed by atoms with Crippen molar-refractivity contribution in [3.05, 3.63) is 59.2 Å². The van der Waals surface area contributed by atoms with Crippen LogP contribution in [0.4, 0.5) is 4.39 Å². The van der Waals surface area contributed by atoms with Crippen molar-refractivity contribution in [2.24, 2.45) is 0 Å². The average molecular weight is 498 g/mol. The van der Waals surface area contributed by atoms with Crippen LogP contribution in [0, 0.1) is 5.82 Å². The van der Waals surface area contributed by atoms with Crippen molar-refractivity contribution in [2.45, 2.75) is 37.6 Å². The Hall–Kier alpha value is -2.36. The lowest BCUT2D eigenvalue weighted by Crippen LogP contribution is -2.42. The summed E-state index contributed by atoms with van der Waals surface area (Å²) in [6.07, 6.45) is 4.68. The molecule has 0 amide bonds. The van der Waals surface area contributed by atoms with Gasteiger partial charge in [-0.2, -0.15) is 17.7 Å². The lowest BCUT2D eigenvalue weighted by Gasteiger charge is -2.36. The summed E-state index contributed by atoms with van der Waals surface area (Å²) in [6.45, 7) is 3.56. The molecule has 1 saturated heterocycles. The van der Waals surface area contributed by atoms with Gasteiger partial charge in [-0.15, -0.1) is 12.4 Å². The van der Waals surface area contributed by atoms with E-state index < -0.39 is 17.8 Å². The number of piperidine rings is 1. The molecule has 33 heavy (non-hydrogen) atoms. The van der Waals surface area contributed by atoms with Crippen LogP contribution in [-0.4, -0.2) is 58.7 Å². The number of methoxy groups -OCH3 is 1. The first-order chi connectivity index (χ1) is 15.4. The number of nitrogens with zero attached hydrogens (tertiary/aromatic N) is 3. The van der Waals surface area contributed by atoms with Gasteiger partial charge < -0.3 is 9.47 Å². The van der Waals surface area contributed by atoms with E-state index in [2.05, 4.69) is 5.10 Å². The van der Waals surface area contributed by atoms with Crippen molar-refractivity contribution in [3.63, 3.8) is 0 Å². The fourth-order valence-corrected chi connectivity index (χ4v) is 4.02. The number of aromatic nitrogens is 2. The maximum atomic E-state index is 14.5. The Balaban J connectivity index is 0.00000385. The number of aryl methyl sites for hydroxylation is 1. The molecule has 180 valence electrons. The lowest BCUT2D eigenvalue weighted by molar-refractivity contribution is -0.147. The molecule has 1 aromatic carbocycles. The van der Waals surface area contributed by atoms with Crippen LogP contribution >= 0.6 is 25.0 Å². The number of esters is 2. The first kappa shape index (κ1) is 26.9. The van der Waals surface area contributed by atoms with E-state index in [1.165, 1.54) is 13.2 Å². The van der Waals surface area contributed by atoms with Gasteiger partial charge in [-0.05, 0) is 37.1 Å². The Morgan fingerprint density at radius 1 is 1.33 bits per heavy atom. The van der Waals surface area contributed by atoms with Crippen molar-refractivity contribution < 1.29 is 23.5 Å². The molecule has 0 aliphatic carbocycles. The normalized spacial score (nSPS) is 18.4. The number of benzene rings is 1. The first-order valence-corrected chi connectivity index (χ1v) is 11.1. The molecule has 1 aromatic heterocycles. The van der Waals surface area contributed by atoms with Crippen LogP contribution in [0.25, 0.3) is 6.08 Å². The van der Waals surface area contributed by atoms with Crippen LogP contribution in [-0.2, 0) is 25.6 Å². The van der Waals surface area contributed by atoms with Crippen molar-refractivity contribution >= 4 is 43.1 Å². The van der Waals surface area contributed by atoms with E-state index >= 15 is 0 Å². The summed E-state index contributed by atoms with van der Waals surface area (Å²) in [6, 6.07) is 7.27. The van der Waals surface area contributed by atoms with E-state index in [1.807, 2.05) is 17.0 Å². The Kier molecular flexibility index (Phi) is 10.4. The van der Waals surface area contributed by atoms with Gasteiger partial charge in [-0.3, -0.25) is 14.4 Å². The first-order valence-electron chi connectivity index (χ1n) is 10.6. The lowest BCUT2D eigenvalue weighted by atomic mass is 9.97. The number of ether oxygens (including phenoxy) is 2. The molecule has 0 spiro atoms. The molecule has 3 rings (SSSR count). The van der Waals surface area contributed by atoms with E-state index in [0.717, 1.165) is 11.3 Å². The number of carbonyl (C=O) groups excluding carboxylic acids is 2. The fourth-order valence-electron chi connectivity index (χ4n) is 3.74. The number of halogens is 2. The zero-order valence-corrected chi connectivity index (χ0v) is 20.4. The summed E-state index contributed by atoms with van der Waals surface area (Å²) in [5, 5.41) is 4.49. The molecular formula is C23H29ClFN3O4S. The van der Waals surface area contributed by atoms with Crippen LogP contribution in [0.3, 0.4) is 0 Å². The predicted octanol–water partition coefficient (Wildman–Crippen LogP) is 3.70. The smallest absolute Gasteiger partial charge is 0.327 e. The number of carbonyl (C=O) groups is 2. The van der Waals surface area contributed by atoms with Crippen molar-refractivity contribution in [1.29, 1.82) is 0 Å². The minimum absolute atomic E-state index is 0. The van der Waals surface area contributed by atoms with E-state index in [1.54, 1.807) is 36.0 Å². The van der Waals surface area contributed by atoms with Crippen molar-refractivity contribution in [2.75, 3.05) is 26.8 Å². The second kappa shape index (κ2) is 12.8. The Morgan fingerprint density at radius 3 is 2.79 bits per heavy atom. The standard InChI is InChI=1S/C23H28FN3O4S.ClH/c1-3-31-21(28)10-13-27-12-8-17(25-27)14-16-15-26(11-9-20(16)32)22(23(29)30-2)18-6-4-5-7-19(18)24;/h4-8,12,14,20,22,32H,3,9-11,13,15H2,1-2H3;1H/b16-14+;/t20-,22+;/m1./s1. The zero-order valence-electron chi connectivity index (χ0n) is 18.6. The summed E-state index contributed by atoms with van der Waals surface area (Å²) < 4.78 is 26.1. The third-order valence-electron chi connectivity index (χ3n) is 5.34. The third-order valence-corrected chi connectivity index (χ3v) is 5.93. The highest BCUT2D eigenvalue weighted by Gasteiger charge is 2.34. The molecule has 1 aliphatic heterocycles. The number of hydrogen-bond acceptors (Lipinski definition) is 7. The minimum atomic E-state index is -0.840. The number of likely N-dealkylation sites (tertiary alicyclic amines) is 1. The maximum Gasteiger partial charge on any atom is 0.327 e. The van der Waals surface area contributed by atoms with Gasteiger partial charge in [0, 0.05) is 30.1 Å². The second-order valence-corrected chi connectivity index (χ2v) is 8.12. The second-order valence-electron chi connectivity index (χ2n) is 7.50. The molecule has 0 radical (unpaired) electrons.